The van der Waals surface area contributed by atoms with E-state index in [1.54, 1.807) is 12.1 Å². The summed E-state index contributed by atoms with van der Waals surface area (Å²) in [5.74, 6) is 0.322. The van der Waals surface area contributed by atoms with Crippen molar-refractivity contribution in [1.82, 2.24) is 0 Å². The second-order valence-corrected chi connectivity index (χ2v) is 8.62. The number of rotatable bonds is 5. The smallest absolute Gasteiger partial charge is 0.338 e. The average Bonchev–Trinajstić information content (AvgIpc) is 2.69. The van der Waals surface area contributed by atoms with E-state index in [9.17, 15) is 9.59 Å². The number of carbonyl (C=O) groups excluding carboxylic acids is 2. The molecule has 5 rings (SSSR count). The number of fused-ring (bicyclic) bond motifs is 3. The third-order valence-corrected chi connectivity index (χ3v) is 6.48. The zero-order valence-corrected chi connectivity index (χ0v) is 16.7. The molecule has 3 saturated heterocycles. The van der Waals surface area contributed by atoms with Crippen LogP contribution in [0.3, 0.4) is 0 Å². The first-order chi connectivity index (χ1) is 13.0. The van der Waals surface area contributed by atoms with Crippen LogP contribution in [0.25, 0.3) is 0 Å². The standard InChI is InChI=1S/C22H23BrNO3/c23-19-8-6-16(7-9-19)20(25)14-24-12-10-17(11-13-24)21(15-24)27-22(26)18-4-2-1-3-5-18/h1-9,17,21H,10-15H2/q+1/t17?,21-,24?/m1/s1. The molecule has 0 radical (unpaired) electrons. The first kappa shape index (κ1) is 18.4. The number of quaternary nitrogens is 1. The quantitative estimate of drug-likeness (QED) is 0.409. The number of Topliss-reactive ketones (excluding diaryl/α,β-unsaturated/α-hetero) is 1. The molecule has 0 saturated carbocycles. The zero-order chi connectivity index (χ0) is 18.9. The molecule has 4 nitrogen and oxygen atoms in total. The maximum absolute atomic E-state index is 12.8. The lowest BCUT2D eigenvalue weighted by atomic mass is 9.82. The number of ketones is 1. The van der Waals surface area contributed by atoms with Crippen LogP contribution in [0.1, 0.15) is 33.6 Å². The second-order valence-electron chi connectivity index (χ2n) is 7.71. The molecule has 3 heterocycles. The van der Waals surface area contributed by atoms with Gasteiger partial charge in [-0.05, 0) is 24.3 Å². The van der Waals surface area contributed by atoms with Crippen molar-refractivity contribution in [3.05, 3.63) is 70.2 Å². The van der Waals surface area contributed by atoms with Crippen molar-refractivity contribution in [2.24, 2.45) is 5.92 Å². The molecular formula is C22H23BrNO3+. The molecule has 27 heavy (non-hydrogen) atoms. The SMILES string of the molecule is O=C(C[N+]12CCC(CC1)[C@H](OC(=O)c1ccccc1)C2)c1ccc(Br)cc1. The van der Waals surface area contributed by atoms with Gasteiger partial charge >= 0.3 is 5.97 Å². The van der Waals surface area contributed by atoms with Crippen LogP contribution in [0.5, 0.6) is 0 Å². The van der Waals surface area contributed by atoms with Crippen molar-refractivity contribution in [3.8, 4) is 0 Å². The molecule has 2 aromatic rings. The van der Waals surface area contributed by atoms with Gasteiger partial charge in [0.2, 0.25) is 5.78 Å². The van der Waals surface area contributed by atoms with E-state index >= 15 is 0 Å². The van der Waals surface area contributed by atoms with Crippen molar-refractivity contribution in [1.29, 1.82) is 0 Å². The van der Waals surface area contributed by atoms with E-state index in [1.165, 1.54) is 0 Å². The number of nitrogens with zero attached hydrogens (tertiary/aromatic N) is 1. The van der Waals surface area contributed by atoms with Crippen molar-refractivity contribution in [3.63, 3.8) is 0 Å². The van der Waals surface area contributed by atoms with E-state index in [4.69, 9.17) is 4.74 Å². The number of hydrogen-bond acceptors (Lipinski definition) is 3. The Kier molecular flexibility index (Phi) is 5.15. The molecule has 1 atom stereocenters. The Hall–Kier alpha value is -1.98. The minimum Gasteiger partial charge on any atom is -0.452 e. The first-order valence-electron chi connectivity index (χ1n) is 9.45. The normalized spacial score (nSPS) is 26.6. The molecule has 2 aromatic carbocycles. The zero-order valence-electron chi connectivity index (χ0n) is 15.1. The Morgan fingerprint density at radius 2 is 1.63 bits per heavy atom. The molecule has 3 aliphatic heterocycles. The number of piperidine rings is 3. The summed E-state index contributed by atoms with van der Waals surface area (Å²) in [6.07, 6.45) is 1.93. The van der Waals surface area contributed by atoms with E-state index in [2.05, 4.69) is 15.9 Å². The highest BCUT2D eigenvalue weighted by molar-refractivity contribution is 9.10. The fraction of sp³-hybridized carbons (Fsp3) is 0.364. The maximum atomic E-state index is 12.8. The van der Waals surface area contributed by atoms with Crippen molar-refractivity contribution in [2.75, 3.05) is 26.2 Å². The number of hydrogen-bond donors (Lipinski definition) is 0. The largest absolute Gasteiger partial charge is 0.452 e. The fourth-order valence-electron chi connectivity index (χ4n) is 4.39. The average molecular weight is 429 g/mol. The van der Waals surface area contributed by atoms with E-state index < -0.39 is 0 Å². The van der Waals surface area contributed by atoms with Crippen LogP contribution in [0.15, 0.2) is 59.1 Å². The fourth-order valence-corrected chi connectivity index (χ4v) is 4.65. The van der Waals surface area contributed by atoms with Crippen LogP contribution in [-0.4, -0.2) is 48.5 Å². The molecule has 140 valence electrons. The van der Waals surface area contributed by atoms with E-state index in [1.807, 2.05) is 42.5 Å². The molecule has 0 spiro atoms. The summed E-state index contributed by atoms with van der Waals surface area (Å²) in [7, 11) is 0. The molecule has 0 amide bonds. The van der Waals surface area contributed by atoms with Gasteiger partial charge in [0.15, 0.2) is 6.10 Å². The summed E-state index contributed by atoms with van der Waals surface area (Å²) in [5.41, 5.74) is 1.34. The molecule has 5 heteroatoms. The van der Waals surface area contributed by atoms with Crippen LogP contribution in [0.4, 0.5) is 0 Å². The van der Waals surface area contributed by atoms with Gasteiger partial charge in [0.05, 0.1) is 18.7 Å². The molecule has 3 aliphatic rings. The molecule has 0 aliphatic carbocycles. The van der Waals surface area contributed by atoms with Crippen molar-refractivity contribution >= 4 is 27.7 Å². The summed E-state index contributed by atoms with van der Waals surface area (Å²) in [5, 5.41) is 0. The van der Waals surface area contributed by atoms with Crippen LogP contribution < -0.4 is 0 Å². The molecule has 0 N–H and O–H groups in total. The van der Waals surface area contributed by atoms with Crippen LogP contribution in [0, 0.1) is 5.92 Å². The third kappa shape index (κ3) is 3.99. The minimum atomic E-state index is -0.258. The third-order valence-electron chi connectivity index (χ3n) is 5.95. The van der Waals surface area contributed by atoms with Gasteiger partial charge in [0.25, 0.3) is 0 Å². The van der Waals surface area contributed by atoms with Crippen molar-refractivity contribution in [2.45, 2.75) is 18.9 Å². The molecule has 0 aromatic heterocycles. The van der Waals surface area contributed by atoms with Crippen LogP contribution in [-0.2, 0) is 4.74 Å². The predicted octanol–water partition coefficient (Wildman–Crippen LogP) is 4.10. The van der Waals surface area contributed by atoms with Crippen LogP contribution in [0.2, 0.25) is 0 Å². The lowest BCUT2D eigenvalue weighted by Crippen LogP contribution is -2.65. The van der Waals surface area contributed by atoms with Crippen molar-refractivity contribution < 1.29 is 18.8 Å². The maximum Gasteiger partial charge on any atom is 0.338 e. The number of ether oxygens (including phenoxy) is 1. The van der Waals surface area contributed by atoms with Gasteiger partial charge in [-0.25, -0.2) is 4.79 Å². The van der Waals surface area contributed by atoms with Gasteiger partial charge in [-0.1, -0.05) is 46.3 Å². The van der Waals surface area contributed by atoms with E-state index in [0.29, 0.717) is 18.0 Å². The summed E-state index contributed by atoms with van der Waals surface area (Å²) in [4.78, 5) is 25.3. The molecular weight excluding hydrogens is 406 g/mol. The summed E-state index contributed by atoms with van der Waals surface area (Å²) >= 11 is 3.41. The lowest BCUT2D eigenvalue weighted by molar-refractivity contribution is -0.938. The Balaban J connectivity index is 1.45. The van der Waals surface area contributed by atoms with Gasteiger partial charge in [-0.3, -0.25) is 4.79 Å². The van der Waals surface area contributed by atoms with Gasteiger partial charge in [0.1, 0.15) is 13.1 Å². The number of carbonyl (C=O) groups is 2. The van der Waals surface area contributed by atoms with E-state index in [-0.39, 0.29) is 17.9 Å². The van der Waals surface area contributed by atoms with Gasteiger partial charge in [-0.15, -0.1) is 0 Å². The number of benzene rings is 2. The predicted molar refractivity (Wildman–Crippen MR) is 107 cm³/mol. The van der Waals surface area contributed by atoms with Crippen LogP contribution >= 0.6 is 15.9 Å². The highest BCUT2D eigenvalue weighted by atomic mass is 79.9. The van der Waals surface area contributed by atoms with E-state index in [0.717, 1.165) is 47.0 Å². The van der Waals surface area contributed by atoms with Gasteiger partial charge in [-0.2, -0.15) is 0 Å². The Morgan fingerprint density at radius 1 is 0.963 bits per heavy atom. The van der Waals surface area contributed by atoms with Gasteiger partial charge in [0, 0.05) is 28.8 Å². The highest BCUT2D eigenvalue weighted by Crippen LogP contribution is 2.36. The summed E-state index contributed by atoms with van der Waals surface area (Å²) in [6, 6.07) is 16.7. The number of halogens is 1. The summed E-state index contributed by atoms with van der Waals surface area (Å²) < 4.78 is 7.57. The first-order valence-corrected chi connectivity index (χ1v) is 10.2. The monoisotopic (exact) mass is 428 g/mol. The molecule has 2 bridgehead atoms. The number of esters is 1. The highest BCUT2D eigenvalue weighted by Gasteiger charge is 2.48. The molecule has 3 fully saturated rings. The minimum absolute atomic E-state index is 0.0991. The Bertz CT molecular complexity index is 826. The lowest BCUT2D eigenvalue weighted by Gasteiger charge is -2.51. The van der Waals surface area contributed by atoms with Gasteiger partial charge < -0.3 is 9.22 Å². The topological polar surface area (TPSA) is 43.4 Å². The Morgan fingerprint density at radius 3 is 2.30 bits per heavy atom. The summed E-state index contributed by atoms with van der Waals surface area (Å²) in [6.45, 7) is 3.21. The Labute approximate surface area is 167 Å². The molecule has 0 unspecified atom stereocenters. The second kappa shape index (κ2) is 7.56.